The first kappa shape index (κ1) is 15.4. The van der Waals surface area contributed by atoms with Gasteiger partial charge in [0.05, 0.1) is 12.3 Å². The van der Waals surface area contributed by atoms with Crippen molar-refractivity contribution in [1.82, 2.24) is 9.55 Å². The van der Waals surface area contributed by atoms with Crippen molar-refractivity contribution in [3.05, 3.63) is 40.4 Å². The maximum absolute atomic E-state index is 11.6. The summed E-state index contributed by atoms with van der Waals surface area (Å²) in [5, 5.41) is 0. The Bertz CT molecular complexity index is 623. The Labute approximate surface area is 125 Å². The maximum Gasteiger partial charge on any atom is 0.325 e. The van der Waals surface area contributed by atoms with Crippen LogP contribution in [0.1, 0.15) is 38.3 Å². The largest absolute Gasteiger partial charge is 0.494 e. The van der Waals surface area contributed by atoms with E-state index in [0.717, 1.165) is 35.7 Å². The van der Waals surface area contributed by atoms with E-state index in [0.29, 0.717) is 0 Å². The fourth-order valence-electron chi connectivity index (χ4n) is 2.49. The monoisotopic (exact) mass is 288 g/mol. The number of imidazole rings is 1. The van der Waals surface area contributed by atoms with Crippen LogP contribution in [0.15, 0.2) is 29.1 Å². The Balaban J connectivity index is 2.00. The molecule has 0 saturated heterocycles. The molecular weight excluding hydrogens is 264 g/mol. The summed E-state index contributed by atoms with van der Waals surface area (Å²) in [6, 6.07) is 7.92. The highest BCUT2D eigenvalue weighted by molar-refractivity contribution is 5.63. The highest BCUT2D eigenvalue weighted by Crippen LogP contribution is 2.23. The quantitative estimate of drug-likeness (QED) is 0.791. The second-order valence-corrected chi connectivity index (χ2v) is 5.40. The van der Waals surface area contributed by atoms with Crippen LogP contribution in [0.2, 0.25) is 0 Å². The van der Waals surface area contributed by atoms with Gasteiger partial charge in [-0.2, -0.15) is 0 Å². The van der Waals surface area contributed by atoms with E-state index >= 15 is 0 Å². The van der Waals surface area contributed by atoms with Gasteiger partial charge in [-0.3, -0.25) is 4.57 Å². The van der Waals surface area contributed by atoms with Crippen molar-refractivity contribution < 1.29 is 4.74 Å². The lowest BCUT2D eigenvalue weighted by atomic mass is 10.1. The molecule has 0 aliphatic heterocycles. The normalized spacial score (nSPS) is 10.8. The molecule has 1 aromatic carbocycles. The van der Waals surface area contributed by atoms with E-state index in [9.17, 15) is 4.79 Å². The zero-order valence-corrected chi connectivity index (χ0v) is 13.1. The first-order valence-electron chi connectivity index (χ1n) is 7.62. The van der Waals surface area contributed by atoms with Gasteiger partial charge in [-0.1, -0.05) is 26.2 Å². The van der Waals surface area contributed by atoms with Crippen LogP contribution in [-0.2, 0) is 7.05 Å². The Morgan fingerprint density at radius 2 is 1.86 bits per heavy atom. The number of aromatic nitrogens is 2. The van der Waals surface area contributed by atoms with E-state index in [4.69, 9.17) is 4.74 Å². The maximum atomic E-state index is 11.6. The Hall–Kier alpha value is -1.97. The van der Waals surface area contributed by atoms with Gasteiger partial charge in [-0.25, -0.2) is 4.79 Å². The molecular formula is C17H24N2O2. The first-order valence-corrected chi connectivity index (χ1v) is 7.62. The molecule has 2 aromatic rings. The highest BCUT2D eigenvalue weighted by Gasteiger charge is 2.09. The molecule has 0 aliphatic rings. The molecule has 0 saturated carbocycles. The van der Waals surface area contributed by atoms with Crippen molar-refractivity contribution >= 4 is 0 Å². The number of nitrogens with zero attached hydrogens (tertiary/aromatic N) is 1. The number of H-pyrrole nitrogens is 1. The van der Waals surface area contributed by atoms with E-state index in [1.807, 2.05) is 31.2 Å². The number of hydrogen-bond acceptors (Lipinski definition) is 2. The van der Waals surface area contributed by atoms with Crippen molar-refractivity contribution in [3.63, 3.8) is 0 Å². The summed E-state index contributed by atoms with van der Waals surface area (Å²) >= 11 is 0. The second-order valence-electron chi connectivity index (χ2n) is 5.40. The predicted molar refractivity (Wildman–Crippen MR) is 85.8 cm³/mol. The summed E-state index contributed by atoms with van der Waals surface area (Å²) in [6.45, 7) is 4.88. The van der Waals surface area contributed by atoms with Crippen LogP contribution in [0.25, 0.3) is 11.3 Å². The SMILES string of the molecule is CCCCCCOc1ccc(-c2c(C)[nH]c(=O)n2C)cc1. The number of unbranched alkanes of at least 4 members (excludes halogenated alkanes) is 3. The molecule has 0 unspecified atom stereocenters. The van der Waals surface area contributed by atoms with E-state index in [1.165, 1.54) is 19.3 Å². The molecule has 0 amide bonds. The molecule has 2 rings (SSSR count). The van der Waals surface area contributed by atoms with Crippen molar-refractivity contribution in [2.24, 2.45) is 7.05 Å². The zero-order chi connectivity index (χ0) is 15.2. The van der Waals surface area contributed by atoms with Crippen LogP contribution in [-0.4, -0.2) is 16.2 Å². The number of hydrogen-bond donors (Lipinski definition) is 1. The third-order valence-corrected chi connectivity index (χ3v) is 3.68. The number of rotatable bonds is 7. The Morgan fingerprint density at radius 1 is 1.14 bits per heavy atom. The van der Waals surface area contributed by atoms with Crippen LogP contribution in [0.4, 0.5) is 0 Å². The number of aryl methyl sites for hydroxylation is 1. The smallest absolute Gasteiger partial charge is 0.325 e. The van der Waals surface area contributed by atoms with Gasteiger partial charge in [-0.15, -0.1) is 0 Å². The lowest BCUT2D eigenvalue weighted by Crippen LogP contribution is -2.13. The molecule has 0 spiro atoms. The van der Waals surface area contributed by atoms with Gasteiger partial charge in [0, 0.05) is 18.3 Å². The van der Waals surface area contributed by atoms with Gasteiger partial charge in [0.15, 0.2) is 0 Å². The molecule has 1 N–H and O–H groups in total. The van der Waals surface area contributed by atoms with Gasteiger partial charge in [-0.05, 0) is 37.6 Å². The average molecular weight is 288 g/mol. The molecule has 21 heavy (non-hydrogen) atoms. The van der Waals surface area contributed by atoms with Gasteiger partial charge in [0.2, 0.25) is 0 Å². The zero-order valence-electron chi connectivity index (χ0n) is 13.1. The molecule has 0 atom stereocenters. The minimum absolute atomic E-state index is 0.0845. The minimum atomic E-state index is -0.0845. The second kappa shape index (κ2) is 7.16. The fraction of sp³-hybridized carbons (Fsp3) is 0.471. The molecule has 4 heteroatoms. The van der Waals surface area contributed by atoms with E-state index in [1.54, 1.807) is 11.6 Å². The molecule has 4 nitrogen and oxygen atoms in total. The van der Waals surface area contributed by atoms with Crippen LogP contribution in [0.3, 0.4) is 0 Å². The third kappa shape index (κ3) is 3.78. The number of benzene rings is 1. The minimum Gasteiger partial charge on any atom is -0.494 e. The molecule has 0 radical (unpaired) electrons. The van der Waals surface area contributed by atoms with Crippen LogP contribution < -0.4 is 10.4 Å². The average Bonchev–Trinajstić information content (AvgIpc) is 2.73. The van der Waals surface area contributed by atoms with Gasteiger partial charge >= 0.3 is 5.69 Å². The van der Waals surface area contributed by atoms with Crippen LogP contribution in [0, 0.1) is 6.92 Å². The predicted octanol–water partition coefficient (Wildman–Crippen LogP) is 3.65. The molecule has 0 bridgehead atoms. The topological polar surface area (TPSA) is 47.0 Å². The summed E-state index contributed by atoms with van der Waals surface area (Å²) in [7, 11) is 1.78. The molecule has 0 fully saturated rings. The standard InChI is InChI=1S/C17H24N2O2/c1-4-5-6-7-12-21-15-10-8-14(9-11-15)16-13(2)18-17(20)19(16)3/h8-11H,4-7,12H2,1-3H3,(H,18,20). The van der Waals surface area contributed by atoms with Crippen LogP contribution in [0.5, 0.6) is 5.75 Å². The van der Waals surface area contributed by atoms with E-state index in [2.05, 4.69) is 11.9 Å². The summed E-state index contributed by atoms with van der Waals surface area (Å²) in [6.07, 6.45) is 4.83. The van der Waals surface area contributed by atoms with Crippen molar-refractivity contribution in [1.29, 1.82) is 0 Å². The van der Waals surface area contributed by atoms with E-state index in [-0.39, 0.29) is 5.69 Å². The van der Waals surface area contributed by atoms with Crippen molar-refractivity contribution in [3.8, 4) is 17.0 Å². The van der Waals surface area contributed by atoms with Gasteiger partial charge < -0.3 is 9.72 Å². The van der Waals surface area contributed by atoms with Crippen LogP contribution >= 0.6 is 0 Å². The van der Waals surface area contributed by atoms with Gasteiger partial charge in [0.1, 0.15) is 5.75 Å². The summed E-state index contributed by atoms with van der Waals surface area (Å²) in [5.41, 5.74) is 2.75. The lowest BCUT2D eigenvalue weighted by molar-refractivity contribution is 0.305. The van der Waals surface area contributed by atoms with Crippen molar-refractivity contribution in [2.75, 3.05) is 6.61 Å². The summed E-state index contributed by atoms with van der Waals surface area (Å²) < 4.78 is 7.37. The number of nitrogens with one attached hydrogen (secondary N) is 1. The molecule has 1 aromatic heterocycles. The number of ether oxygens (including phenoxy) is 1. The third-order valence-electron chi connectivity index (χ3n) is 3.68. The molecule has 1 heterocycles. The summed E-state index contributed by atoms with van der Waals surface area (Å²) in [5.74, 6) is 0.883. The Morgan fingerprint density at radius 3 is 2.43 bits per heavy atom. The molecule has 114 valence electrons. The lowest BCUT2D eigenvalue weighted by Gasteiger charge is -2.08. The molecule has 0 aliphatic carbocycles. The number of aromatic amines is 1. The fourth-order valence-corrected chi connectivity index (χ4v) is 2.49. The first-order chi connectivity index (χ1) is 10.1. The van der Waals surface area contributed by atoms with Crippen molar-refractivity contribution in [2.45, 2.75) is 39.5 Å². The van der Waals surface area contributed by atoms with Gasteiger partial charge in [0.25, 0.3) is 0 Å². The summed E-state index contributed by atoms with van der Waals surface area (Å²) in [4.78, 5) is 14.4. The highest BCUT2D eigenvalue weighted by atomic mass is 16.5. The Kier molecular flexibility index (Phi) is 5.26. The van der Waals surface area contributed by atoms with E-state index < -0.39 is 0 Å².